The monoisotopic (exact) mass is 303 g/mol. The molecule has 0 aliphatic rings. The van der Waals surface area contributed by atoms with Crippen molar-refractivity contribution in [3.63, 3.8) is 0 Å². The van der Waals surface area contributed by atoms with Crippen LogP contribution in [0.2, 0.25) is 0 Å². The molecule has 1 atom stereocenters. The Hall–Kier alpha value is -1.88. The maximum Gasteiger partial charge on any atom is 0.243 e. The van der Waals surface area contributed by atoms with Gasteiger partial charge in [-0.25, -0.2) is 0 Å². The van der Waals surface area contributed by atoms with Gasteiger partial charge in [0.2, 0.25) is 5.89 Å². The second-order valence-corrected chi connectivity index (χ2v) is 6.35. The summed E-state index contributed by atoms with van der Waals surface area (Å²) in [5, 5.41) is 7.46. The SMILES string of the molecule is CCOc1ccccc1CNC(C)c1nc(C(C)(C)C)no1. The minimum absolute atomic E-state index is 0.0155. The average molecular weight is 303 g/mol. The van der Waals surface area contributed by atoms with Crippen molar-refractivity contribution in [3.05, 3.63) is 41.5 Å². The molecule has 0 fully saturated rings. The lowest BCUT2D eigenvalue weighted by Gasteiger charge is -2.13. The van der Waals surface area contributed by atoms with Crippen LogP contribution < -0.4 is 10.1 Å². The predicted molar refractivity (Wildman–Crippen MR) is 85.9 cm³/mol. The van der Waals surface area contributed by atoms with Crippen LogP contribution >= 0.6 is 0 Å². The molecule has 1 N–H and O–H groups in total. The molecule has 2 rings (SSSR count). The van der Waals surface area contributed by atoms with Crippen LogP contribution in [-0.2, 0) is 12.0 Å². The van der Waals surface area contributed by atoms with Crippen molar-refractivity contribution < 1.29 is 9.26 Å². The van der Waals surface area contributed by atoms with Crippen molar-refractivity contribution in [1.29, 1.82) is 0 Å². The fourth-order valence-electron chi connectivity index (χ4n) is 2.01. The molecule has 1 aromatic carbocycles. The van der Waals surface area contributed by atoms with Gasteiger partial charge in [-0.2, -0.15) is 4.98 Å². The van der Waals surface area contributed by atoms with E-state index in [0.29, 0.717) is 19.0 Å². The molecule has 0 saturated carbocycles. The normalized spacial score (nSPS) is 13.1. The Kier molecular flexibility index (Phi) is 5.19. The van der Waals surface area contributed by atoms with Crippen LogP contribution in [0.3, 0.4) is 0 Å². The number of aromatic nitrogens is 2. The lowest BCUT2D eigenvalue weighted by atomic mass is 9.96. The first-order valence-corrected chi connectivity index (χ1v) is 7.70. The highest BCUT2D eigenvalue weighted by Gasteiger charge is 2.23. The molecule has 0 aliphatic heterocycles. The molecule has 1 heterocycles. The third kappa shape index (κ3) is 4.07. The van der Waals surface area contributed by atoms with Crippen LogP contribution in [0.5, 0.6) is 5.75 Å². The number of benzene rings is 1. The van der Waals surface area contributed by atoms with Crippen LogP contribution in [-0.4, -0.2) is 16.7 Å². The van der Waals surface area contributed by atoms with E-state index in [4.69, 9.17) is 9.26 Å². The second-order valence-electron chi connectivity index (χ2n) is 6.35. The van der Waals surface area contributed by atoms with Crippen LogP contribution in [0.15, 0.2) is 28.8 Å². The van der Waals surface area contributed by atoms with Crippen LogP contribution in [0.4, 0.5) is 0 Å². The molecule has 0 radical (unpaired) electrons. The molecule has 1 aromatic heterocycles. The lowest BCUT2D eigenvalue weighted by Crippen LogP contribution is -2.19. The van der Waals surface area contributed by atoms with Crippen LogP contribution in [0.1, 0.15) is 57.9 Å². The van der Waals surface area contributed by atoms with Crippen molar-refractivity contribution >= 4 is 0 Å². The molecule has 22 heavy (non-hydrogen) atoms. The zero-order valence-electron chi connectivity index (χ0n) is 14.0. The van der Waals surface area contributed by atoms with Crippen molar-refractivity contribution in [2.75, 3.05) is 6.61 Å². The van der Waals surface area contributed by atoms with Crippen molar-refractivity contribution in [3.8, 4) is 5.75 Å². The van der Waals surface area contributed by atoms with E-state index in [0.717, 1.165) is 17.1 Å². The quantitative estimate of drug-likeness (QED) is 0.883. The van der Waals surface area contributed by atoms with Crippen molar-refractivity contribution in [1.82, 2.24) is 15.5 Å². The number of nitrogens with zero attached hydrogens (tertiary/aromatic N) is 2. The van der Waals surface area contributed by atoms with Gasteiger partial charge in [0.15, 0.2) is 5.82 Å². The summed E-state index contributed by atoms with van der Waals surface area (Å²) in [4.78, 5) is 4.48. The Morgan fingerprint density at radius 2 is 2.00 bits per heavy atom. The largest absolute Gasteiger partial charge is 0.494 e. The van der Waals surface area contributed by atoms with Crippen LogP contribution in [0, 0.1) is 0 Å². The van der Waals surface area contributed by atoms with Gasteiger partial charge in [0.25, 0.3) is 0 Å². The van der Waals surface area contributed by atoms with E-state index in [1.807, 2.05) is 32.0 Å². The highest BCUT2D eigenvalue weighted by molar-refractivity contribution is 5.33. The maximum atomic E-state index is 5.63. The summed E-state index contributed by atoms with van der Waals surface area (Å²) < 4.78 is 11.0. The number of ether oxygens (including phenoxy) is 1. The number of para-hydroxylation sites is 1. The zero-order valence-corrected chi connectivity index (χ0v) is 14.0. The molecule has 0 bridgehead atoms. The minimum Gasteiger partial charge on any atom is -0.494 e. The first-order valence-electron chi connectivity index (χ1n) is 7.70. The summed E-state index contributed by atoms with van der Waals surface area (Å²) in [6.07, 6.45) is 0. The summed E-state index contributed by atoms with van der Waals surface area (Å²) in [7, 11) is 0. The van der Waals surface area contributed by atoms with E-state index >= 15 is 0 Å². The Labute approximate surface area is 132 Å². The fraction of sp³-hybridized carbons (Fsp3) is 0.529. The summed E-state index contributed by atoms with van der Waals surface area (Å²) >= 11 is 0. The molecule has 120 valence electrons. The van der Waals surface area contributed by atoms with E-state index < -0.39 is 0 Å². The number of nitrogens with one attached hydrogen (secondary N) is 1. The van der Waals surface area contributed by atoms with E-state index in [-0.39, 0.29) is 11.5 Å². The lowest BCUT2D eigenvalue weighted by molar-refractivity contribution is 0.323. The van der Waals surface area contributed by atoms with E-state index in [9.17, 15) is 0 Å². The predicted octanol–water partition coefficient (Wildman–Crippen LogP) is 3.62. The Morgan fingerprint density at radius 3 is 2.64 bits per heavy atom. The first kappa shape index (κ1) is 16.5. The Morgan fingerprint density at radius 1 is 1.27 bits per heavy atom. The number of hydrogen-bond donors (Lipinski definition) is 1. The molecule has 0 amide bonds. The second kappa shape index (κ2) is 6.92. The minimum atomic E-state index is -0.108. The third-order valence-electron chi connectivity index (χ3n) is 3.35. The van der Waals surface area contributed by atoms with Gasteiger partial charge in [-0.3, -0.25) is 0 Å². The topological polar surface area (TPSA) is 60.2 Å². The van der Waals surface area contributed by atoms with Gasteiger partial charge in [0.05, 0.1) is 12.6 Å². The van der Waals surface area contributed by atoms with Gasteiger partial charge >= 0.3 is 0 Å². The van der Waals surface area contributed by atoms with Gasteiger partial charge in [-0.15, -0.1) is 0 Å². The van der Waals surface area contributed by atoms with Gasteiger partial charge < -0.3 is 14.6 Å². The summed E-state index contributed by atoms with van der Waals surface area (Å²) in [6.45, 7) is 11.5. The average Bonchev–Trinajstić information content (AvgIpc) is 2.96. The zero-order chi connectivity index (χ0) is 16.2. The molecule has 1 unspecified atom stereocenters. The summed E-state index contributed by atoms with van der Waals surface area (Å²) in [5.41, 5.74) is 1.01. The van der Waals surface area contributed by atoms with E-state index in [2.05, 4.69) is 42.3 Å². The molecule has 5 nitrogen and oxygen atoms in total. The van der Waals surface area contributed by atoms with E-state index in [1.165, 1.54) is 0 Å². The van der Waals surface area contributed by atoms with Gasteiger partial charge in [-0.1, -0.05) is 44.1 Å². The highest BCUT2D eigenvalue weighted by atomic mass is 16.5. The number of hydrogen-bond acceptors (Lipinski definition) is 5. The van der Waals surface area contributed by atoms with E-state index in [1.54, 1.807) is 0 Å². The first-order chi connectivity index (χ1) is 10.4. The molecular formula is C17H25N3O2. The molecule has 0 aliphatic carbocycles. The van der Waals surface area contributed by atoms with Crippen LogP contribution in [0.25, 0.3) is 0 Å². The molecule has 0 saturated heterocycles. The Balaban J connectivity index is 2.01. The maximum absolute atomic E-state index is 5.63. The van der Waals surface area contributed by atoms with Gasteiger partial charge in [0.1, 0.15) is 5.75 Å². The fourth-order valence-corrected chi connectivity index (χ4v) is 2.01. The van der Waals surface area contributed by atoms with Crippen molar-refractivity contribution in [2.24, 2.45) is 0 Å². The molecule has 5 heteroatoms. The smallest absolute Gasteiger partial charge is 0.243 e. The summed E-state index contributed by atoms with van der Waals surface area (Å²) in [5.74, 6) is 2.25. The molecular weight excluding hydrogens is 278 g/mol. The van der Waals surface area contributed by atoms with Gasteiger partial charge in [0, 0.05) is 17.5 Å². The number of rotatable bonds is 6. The standard InChI is InChI=1S/C17H25N3O2/c1-6-21-14-10-8-7-9-13(14)11-18-12(2)15-19-16(20-22-15)17(3,4)5/h7-10,12,18H,6,11H2,1-5H3. The van der Waals surface area contributed by atoms with Crippen molar-refractivity contribution in [2.45, 2.75) is 52.6 Å². The van der Waals surface area contributed by atoms with Gasteiger partial charge in [-0.05, 0) is 19.9 Å². The Bertz CT molecular complexity index is 602. The summed E-state index contributed by atoms with van der Waals surface area (Å²) in [6, 6.07) is 8.01. The highest BCUT2D eigenvalue weighted by Crippen LogP contribution is 2.22. The molecule has 2 aromatic rings. The molecule has 0 spiro atoms. The third-order valence-corrected chi connectivity index (χ3v) is 3.35.